The summed E-state index contributed by atoms with van der Waals surface area (Å²) in [6, 6.07) is 0. The van der Waals surface area contributed by atoms with Gasteiger partial charge in [-0.15, -0.1) is 11.3 Å². The van der Waals surface area contributed by atoms with Gasteiger partial charge < -0.3 is 4.74 Å². The molecule has 0 aliphatic heterocycles. The standard InChI is InChI=1S/C11H15ClIN5O4S/c1-11(2,3)22-10(19)17(6-7-5-14-8(12)23-7)9(16(4)13)15-18(20)21/h5H,6H2,1-4H3. The second-order valence-corrected chi connectivity index (χ2v) is 8.41. The first-order valence-electron chi connectivity index (χ1n) is 6.23. The van der Waals surface area contributed by atoms with Crippen LogP contribution < -0.4 is 0 Å². The van der Waals surface area contributed by atoms with Crippen molar-refractivity contribution in [1.82, 2.24) is 13.0 Å². The molecule has 0 aromatic carbocycles. The maximum atomic E-state index is 12.4. The third kappa shape index (κ3) is 6.83. The van der Waals surface area contributed by atoms with Crippen LogP contribution in [-0.2, 0) is 11.3 Å². The van der Waals surface area contributed by atoms with Crippen LogP contribution in [0.25, 0.3) is 0 Å². The highest BCUT2D eigenvalue weighted by Crippen LogP contribution is 2.22. The van der Waals surface area contributed by atoms with Gasteiger partial charge in [0, 0.05) is 18.1 Å². The van der Waals surface area contributed by atoms with Crippen molar-refractivity contribution >= 4 is 57.9 Å². The first-order valence-corrected chi connectivity index (χ1v) is 8.39. The number of carbonyl (C=O) groups is 1. The Morgan fingerprint density at radius 1 is 1.61 bits per heavy atom. The highest BCUT2D eigenvalue weighted by molar-refractivity contribution is 14.1. The van der Waals surface area contributed by atoms with Crippen LogP contribution in [0.5, 0.6) is 0 Å². The maximum absolute atomic E-state index is 12.4. The van der Waals surface area contributed by atoms with E-state index in [0.29, 0.717) is 9.34 Å². The zero-order chi connectivity index (χ0) is 17.8. The number of carbonyl (C=O) groups excluding carboxylic acids is 1. The number of amides is 1. The second kappa shape index (κ2) is 8.06. The number of guanidine groups is 1. The summed E-state index contributed by atoms with van der Waals surface area (Å²) in [4.78, 5) is 28.8. The van der Waals surface area contributed by atoms with Gasteiger partial charge in [0.2, 0.25) is 0 Å². The van der Waals surface area contributed by atoms with Crippen molar-refractivity contribution in [3.8, 4) is 0 Å². The molecule has 0 radical (unpaired) electrons. The van der Waals surface area contributed by atoms with E-state index in [1.165, 1.54) is 16.4 Å². The van der Waals surface area contributed by atoms with Gasteiger partial charge in [-0.2, -0.15) is 0 Å². The largest absolute Gasteiger partial charge is 0.443 e. The van der Waals surface area contributed by atoms with E-state index in [1.807, 2.05) is 0 Å². The number of hydrazone groups is 1. The normalized spacial score (nSPS) is 12.0. The topological polar surface area (TPSA) is 101 Å². The molecule has 9 nitrogen and oxygen atoms in total. The molecule has 0 spiro atoms. The summed E-state index contributed by atoms with van der Waals surface area (Å²) in [5.41, 5.74) is -0.760. The molecule has 0 saturated heterocycles. The average Bonchev–Trinajstić information content (AvgIpc) is 2.76. The van der Waals surface area contributed by atoms with Gasteiger partial charge in [0.15, 0.2) is 9.50 Å². The van der Waals surface area contributed by atoms with Gasteiger partial charge >= 0.3 is 6.09 Å². The molecule has 0 fully saturated rings. The number of halogens is 2. The Balaban J connectivity index is 3.18. The van der Waals surface area contributed by atoms with E-state index in [9.17, 15) is 14.9 Å². The predicted molar refractivity (Wildman–Crippen MR) is 95.1 cm³/mol. The van der Waals surface area contributed by atoms with Crippen molar-refractivity contribution in [3.05, 3.63) is 25.7 Å². The third-order valence-electron chi connectivity index (χ3n) is 2.14. The lowest BCUT2D eigenvalue weighted by Gasteiger charge is -2.28. The molecule has 0 aliphatic carbocycles. The Bertz CT molecular complexity index is 616. The molecule has 0 bridgehead atoms. The molecule has 0 aliphatic rings. The summed E-state index contributed by atoms with van der Waals surface area (Å²) in [5.74, 6) is -0.172. The molecule has 1 heterocycles. The zero-order valence-corrected chi connectivity index (χ0v) is 16.5. The quantitative estimate of drug-likeness (QED) is 0.166. The van der Waals surface area contributed by atoms with Crippen molar-refractivity contribution < 1.29 is 14.6 Å². The molecule has 12 heteroatoms. The molecule has 1 amide bonds. The first-order chi connectivity index (χ1) is 10.5. The second-order valence-electron chi connectivity index (χ2n) is 5.26. The molecule has 0 saturated carbocycles. The molecule has 128 valence electrons. The summed E-state index contributed by atoms with van der Waals surface area (Å²) in [6.07, 6.45) is 0.729. The minimum Gasteiger partial charge on any atom is -0.443 e. The van der Waals surface area contributed by atoms with Gasteiger partial charge in [0.05, 0.1) is 29.4 Å². The highest BCUT2D eigenvalue weighted by atomic mass is 127. The third-order valence-corrected chi connectivity index (χ3v) is 3.67. The molecule has 0 N–H and O–H groups in total. The minimum absolute atomic E-state index is 0.000680. The summed E-state index contributed by atoms with van der Waals surface area (Å²) in [7, 11) is 1.53. The summed E-state index contributed by atoms with van der Waals surface area (Å²) in [6.45, 7) is 5.10. The number of nitro groups is 1. The Morgan fingerprint density at radius 3 is 2.61 bits per heavy atom. The number of rotatable bonds is 3. The number of hydrogen-bond acceptors (Lipinski definition) is 6. The van der Waals surface area contributed by atoms with E-state index in [4.69, 9.17) is 16.3 Å². The van der Waals surface area contributed by atoms with E-state index in [1.54, 1.807) is 43.6 Å². The van der Waals surface area contributed by atoms with Gasteiger partial charge in [-0.3, -0.25) is 3.11 Å². The Kier molecular flexibility index (Phi) is 6.95. The Morgan fingerprint density at radius 2 is 2.22 bits per heavy atom. The van der Waals surface area contributed by atoms with Crippen molar-refractivity contribution in [3.63, 3.8) is 0 Å². The Hall–Kier alpha value is -1.21. The van der Waals surface area contributed by atoms with Crippen LogP contribution in [0.2, 0.25) is 4.47 Å². The lowest BCUT2D eigenvalue weighted by molar-refractivity contribution is -0.486. The molecule has 1 aromatic heterocycles. The van der Waals surface area contributed by atoms with Crippen LogP contribution in [0.1, 0.15) is 25.6 Å². The van der Waals surface area contributed by atoms with Crippen LogP contribution >= 0.6 is 45.8 Å². The number of nitrogens with zero attached hydrogens (tertiary/aromatic N) is 5. The summed E-state index contributed by atoms with van der Waals surface area (Å²) in [5, 5.41) is 13.2. The van der Waals surface area contributed by atoms with Crippen molar-refractivity contribution in [2.45, 2.75) is 32.9 Å². The predicted octanol–water partition coefficient (Wildman–Crippen LogP) is 3.36. The van der Waals surface area contributed by atoms with Crippen LogP contribution in [-0.4, -0.2) is 42.7 Å². The zero-order valence-electron chi connectivity index (χ0n) is 12.8. The summed E-state index contributed by atoms with van der Waals surface area (Å²) < 4.78 is 6.93. The molecule has 0 unspecified atom stereocenters. The van der Waals surface area contributed by atoms with Crippen LogP contribution in [0.4, 0.5) is 4.79 Å². The highest BCUT2D eigenvalue weighted by Gasteiger charge is 2.30. The summed E-state index contributed by atoms with van der Waals surface area (Å²) >= 11 is 8.72. The van der Waals surface area contributed by atoms with E-state index in [2.05, 4.69) is 10.1 Å². The molecular formula is C11H15ClIN5O4S. The van der Waals surface area contributed by atoms with Crippen LogP contribution in [0.3, 0.4) is 0 Å². The van der Waals surface area contributed by atoms with Gasteiger partial charge in [0.1, 0.15) is 10.7 Å². The van der Waals surface area contributed by atoms with Crippen molar-refractivity contribution in [1.29, 1.82) is 0 Å². The van der Waals surface area contributed by atoms with Crippen LogP contribution in [0.15, 0.2) is 11.3 Å². The molecule has 1 rings (SSSR count). The van der Waals surface area contributed by atoms with Crippen molar-refractivity contribution in [2.24, 2.45) is 5.10 Å². The fraction of sp³-hybridized carbons (Fsp3) is 0.545. The fourth-order valence-electron chi connectivity index (χ4n) is 1.40. The fourth-order valence-corrected chi connectivity index (χ4v) is 2.73. The van der Waals surface area contributed by atoms with E-state index in [0.717, 1.165) is 16.2 Å². The Labute approximate surface area is 155 Å². The molecule has 1 aromatic rings. The van der Waals surface area contributed by atoms with Gasteiger partial charge in [-0.05, 0) is 20.8 Å². The molecular weight excluding hydrogens is 461 g/mol. The van der Waals surface area contributed by atoms with E-state index in [-0.39, 0.29) is 12.5 Å². The molecule has 0 atom stereocenters. The number of hydrogen-bond donors (Lipinski definition) is 0. The average molecular weight is 476 g/mol. The van der Waals surface area contributed by atoms with Gasteiger partial charge in [0.25, 0.3) is 5.96 Å². The van der Waals surface area contributed by atoms with Gasteiger partial charge in [-0.1, -0.05) is 11.6 Å². The number of ether oxygens (including phenoxy) is 1. The minimum atomic E-state index is -0.873. The van der Waals surface area contributed by atoms with E-state index < -0.39 is 16.7 Å². The van der Waals surface area contributed by atoms with E-state index >= 15 is 0 Å². The number of thiazole rings is 1. The van der Waals surface area contributed by atoms with Gasteiger partial charge in [-0.25, -0.2) is 24.8 Å². The smallest absolute Gasteiger partial charge is 0.417 e. The SMILES string of the molecule is CN(I)C(=N[N+](=O)[O-])N(Cc1cnc(Cl)s1)C(=O)OC(C)(C)C. The number of aromatic nitrogens is 1. The lowest BCUT2D eigenvalue weighted by atomic mass is 10.2. The molecule has 23 heavy (non-hydrogen) atoms. The maximum Gasteiger partial charge on any atom is 0.417 e. The monoisotopic (exact) mass is 475 g/mol. The first kappa shape index (κ1) is 19.8. The van der Waals surface area contributed by atoms with Crippen molar-refractivity contribution in [2.75, 3.05) is 7.05 Å². The van der Waals surface area contributed by atoms with Crippen LogP contribution in [0, 0.1) is 10.1 Å². The lowest BCUT2D eigenvalue weighted by Crippen LogP contribution is -2.44.